The van der Waals surface area contributed by atoms with E-state index in [4.69, 9.17) is 4.74 Å². The summed E-state index contributed by atoms with van der Waals surface area (Å²) in [5.41, 5.74) is 4.81. The SMILES string of the molecule is CC(C)NCC1CCc2[nH]c3ccc(NC(=O)CCCOc4ccccc4)cc3c2C1. The van der Waals surface area contributed by atoms with E-state index in [9.17, 15) is 4.79 Å². The first-order chi connectivity index (χ1) is 15.1. The van der Waals surface area contributed by atoms with Gasteiger partial charge in [-0.25, -0.2) is 0 Å². The van der Waals surface area contributed by atoms with Crippen LogP contribution in [-0.2, 0) is 17.6 Å². The number of amides is 1. The Morgan fingerprint density at radius 1 is 1.19 bits per heavy atom. The van der Waals surface area contributed by atoms with Crippen molar-refractivity contribution in [2.75, 3.05) is 18.5 Å². The zero-order valence-electron chi connectivity index (χ0n) is 18.5. The highest BCUT2D eigenvalue weighted by Crippen LogP contribution is 2.33. The number of nitrogens with one attached hydrogen (secondary N) is 3. The van der Waals surface area contributed by atoms with Gasteiger partial charge in [0.1, 0.15) is 5.75 Å². The number of fused-ring (bicyclic) bond motifs is 3. The Morgan fingerprint density at radius 2 is 2.03 bits per heavy atom. The van der Waals surface area contributed by atoms with Crippen molar-refractivity contribution >= 4 is 22.5 Å². The molecule has 1 unspecified atom stereocenters. The molecule has 3 N–H and O–H groups in total. The van der Waals surface area contributed by atoms with Gasteiger partial charge in [0.15, 0.2) is 0 Å². The quantitative estimate of drug-likeness (QED) is 0.424. The molecule has 1 heterocycles. The first-order valence-corrected chi connectivity index (χ1v) is 11.4. The zero-order valence-corrected chi connectivity index (χ0v) is 18.5. The third-order valence-electron chi connectivity index (χ3n) is 5.95. The lowest BCUT2D eigenvalue weighted by Crippen LogP contribution is -2.31. The molecule has 5 nitrogen and oxygen atoms in total. The Hall–Kier alpha value is -2.79. The number of para-hydroxylation sites is 1. The molecule has 4 rings (SSSR count). The third-order valence-corrected chi connectivity index (χ3v) is 5.95. The van der Waals surface area contributed by atoms with Gasteiger partial charge in [-0.2, -0.15) is 0 Å². The summed E-state index contributed by atoms with van der Waals surface area (Å²) in [6, 6.07) is 16.4. The minimum Gasteiger partial charge on any atom is -0.494 e. The smallest absolute Gasteiger partial charge is 0.224 e. The largest absolute Gasteiger partial charge is 0.494 e. The van der Waals surface area contributed by atoms with Crippen molar-refractivity contribution in [1.82, 2.24) is 10.3 Å². The molecule has 1 aliphatic rings. The molecule has 0 aliphatic heterocycles. The van der Waals surface area contributed by atoms with Crippen molar-refractivity contribution in [1.29, 1.82) is 0 Å². The number of ether oxygens (including phenoxy) is 1. The molecule has 3 aromatic rings. The van der Waals surface area contributed by atoms with Crippen LogP contribution in [0, 0.1) is 5.92 Å². The lowest BCUT2D eigenvalue weighted by atomic mass is 9.86. The normalized spacial score (nSPS) is 15.8. The van der Waals surface area contributed by atoms with Crippen LogP contribution in [0.5, 0.6) is 5.75 Å². The van der Waals surface area contributed by atoms with Crippen LogP contribution < -0.4 is 15.4 Å². The monoisotopic (exact) mass is 419 g/mol. The first kappa shape index (κ1) is 21.4. The van der Waals surface area contributed by atoms with Gasteiger partial charge in [-0.15, -0.1) is 0 Å². The number of hydrogen-bond donors (Lipinski definition) is 3. The van der Waals surface area contributed by atoms with E-state index >= 15 is 0 Å². The number of aromatic amines is 1. The molecule has 1 atom stereocenters. The van der Waals surface area contributed by atoms with Crippen molar-refractivity contribution in [2.24, 2.45) is 5.92 Å². The van der Waals surface area contributed by atoms with Crippen LogP contribution in [0.4, 0.5) is 5.69 Å². The Morgan fingerprint density at radius 3 is 2.84 bits per heavy atom. The van der Waals surface area contributed by atoms with Crippen molar-refractivity contribution in [3.05, 3.63) is 59.8 Å². The molecule has 1 amide bonds. The Bertz CT molecular complexity index is 1010. The lowest BCUT2D eigenvalue weighted by Gasteiger charge is -2.24. The Balaban J connectivity index is 1.33. The summed E-state index contributed by atoms with van der Waals surface area (Å²) in [6.07, 6.45) is 4.53. The molecule has 1 aliphatic carbocycles. The molecule has 0 radical (unpaired) electrons. The minimum atomic E-state index is 0.0272. The average molecular weight is 420 g/mol. The fourth-order valence-electron chi connectivity index (χ4n) is 4.31. The zero-order chi connectivity index (χ0) is 21.6. The van der Waals surface area contributed by atoms with Crippen LogP contribution in [0.3, 0.4) is 0 Å². The second-order valence-corrected chi connectivity index (χ2v) is 8.83. The number of aromatic nitrogens is 1. The molecule has 0 saturated heterocycles. The van der Waals surface area contributed by atoms with E-state index in [1.165, 1.54) is 23.1 Å². The van der Waals surface area contributed by atoms with Gasteiger partial charge >= 0.3 is 0 Å². The lowest BCUT2D eigenvalue weighted by molar-refractivity contribution is -0.116. The van der Waals surface area contributed by atoms with E-state index in [0.717, 1.165) is 36.3 Å². The fourth-order valence-corrected chi connectivity index (χ4v) is 4.31. The van der Waals surface area contributed by atoms with Crippen molar-refractivity contribution in [3.8, 4) is 5.75 Å². The standard InChI is InChI=1S/C26H33N3O2/c1-18(2)27-17-19-10-12-24-22(15-19)23-16-20(11-13-25(23)29-24)28-26(30)9-6-14-31-21-7-4-3-5-8-21/h3-5,7-8,11,13,16,18-19,27,29H,6,9-10,12,14-15,17H2,1-2H3,(H,28,30). The summed E-state index contributed by atoms with van der Waals surface area (Å²) in [7, 11) is 0. The molecule has 2 aromatic carbocycles. The molecule has 0 bridgehead atoms. The molecule has 31 heavy (non-hydrogen) atoms. The van der Waals surface area contributed by atoms with E-state index in [2.05, 4.69) is 41.6 Å². The number of benzene rings is 2. The third kappa shape index (κ3) is 5.67. The van der Waals surface area contributed by atoms with E-state index < -0.39 is 0 Å². The number of H-pyrrole nitrogens is 1. The summed E-state index contributed by atoms with van der Waals surface area (Å²) >= 11 is 0. The number of anilines is 1. The summed E-state index contributed by atoms with van der Waals surface area (Å²) in [6.45, 7) is 5.99. The highest BCUT2D eigenvalue weighted by molar-refractivity contribution is 5.95. The number of rotatable bonds is 9. The fraction of sp³-hybridized carbons (Fsp3) is 0.423. The maximum Gasteiger partial charge on any atom is 0.224 e. The molecule has 0 spiro atoms. The van der Waals surface area contributed by atoms with Crippen LogP contribution in [0.2, 0.25) is 0 Å². The molecule has 5 heteroatoms. The molecular formula is C26H33N3O2. The van der Waals surface area contributed by atoms with Crippen LogP contribution in [-0.4, -0.2) is 30.1 Å². The predicted molar refractivity (Wildman–Crippen MR) is 127 cm³/mol. The number of carbonyl (C=O) groups is 1. The minimum absolute atomic E-state index is 0.0272. The van der Waals surface area contributed by atoms with Gasteiger partial charge in [-0.3, -0.25) is 4.79 Å². The number of hydrogen-bond acceptors (Lipinski definition) is 3. The number of carbonyl (C=O) groups excluding carboxylic acids is 1. The first-order valence-electron chi connectivity index (χ1n) is 11.4. The topological polar surface area (TPSA) is 66.2 Å². The van der Waals surface area contributed by atoms with Gasteiger partial charge < -0.3 is 20.4 Å². The van der Waals surface area contributed by atoms with Crippen LogP contribution in [0.15, 0.2) is 48.5 Å². The molecule has 0 fully saturated rings. The van der Waals surface area contributed by atoms with Crippen LogP contribution >= 0.6 is 0 Å². The van der Waals surface area contributed by atoms with Gasteiger partial charge in [-0.05, 0) is 74.0 Å². The predicted octanol–water partition coefficient (Wildman–Crippen LogP) is 5.07. The van der Waals surface area contributed by atoms with Crippen LogP contribution in [0.1, 0.15) is 44.4 Å². The van der Waals surface area contributed by atoms with E-state index in [1.807, 2.05) is 36.4 Å². The molecule has 164 valence electrons. The van der Waals surface area contributed by atoms with Gasteiger partial charge in [0, 0.05) is 34.7 Å². The molecular weight excluding hydrogens is 386 g/mol. The Labute approximate surface area is 184 Å². The highest BCUT2D eigenvalue weighted by Gasteiger charge is 2.22. The number of aryl methyl sites for hydroxylation is 1. The van der Waals surface area contributed by atoms with Gasteiger partial charge in [0.05, 0.1) is 6.61 Å². The van der Waals surface area contributed by atoms with E-state index in [-0.39, 0.29) is 5.91 Å². The van der Waals surface area contributed by atoms with Crippen molar-refractivity contribution in [2.45, 2.75) is 52.0 Å². The summed E-state index contributed by atoms with van der Waals surface area (Å²) < 4.78 is 5.67. The van der Waals surface area contributed by atoms with Crippen molar-refractivity contribution in [3.63, 3.8) is 0 Å². The van der Waals surface area contributed by atoms with Gasteiger partial charge in [0.2, 0.25) is 5.91 Å². The summed E-state index contributed by atoms with van der Waals surface area (Å²) in [5.74, 6) is 1.53. The van der Waals surface area contributed by atoms with Crippen LogP contribution in [0.25, 0.3) is 10.9 Å². The van der Waals surface area contributed by atoms with Crippen molar-refractivity contribution < 1.29 is 9.53 Å². The summed E-state index contributed by atoms with van der Waals surface area (Å²) in [5, 5.41) is 7.89. The second kappa shape index (κ2) is 10.0. The van der Waals surface area contributed by atoms with E-state index in [0.29, 0.717) is 31.4 Å². The molecule has 0 saturated carbocycles. The van der Waals surface area contributed by atoms with Gasteiger partial charge in [0.25, 0.3) is 0 Å². The maximum atomic E-state index is 12.4. The average Bonchev–Trinajstić information content (AvgIpc) is 3.13. The molecule has 1 aromatic heterocycles. The highest BCUT2D eigenvalue weighted by atomic mass is 16.5. The Kier molecular flexibility index (Phi) is 6.92. The second-order valence-electron chi connectivity index (χ2n) is 8.83. The van der Waals surface area contributed by atoms with E-state index in [1.54, 1.807) is 0 Å². The maximum absolute atomic E-state index is 12.4. The van der Waals surface area contributed by atoms with Gasteiger partial charge in [-0.1, -0.05) is 32.0 Å². The summed E-state index contributed by atoms with van der Waals surface area (Å²) in [4.78, 5) is 16.0.